The molecule has 0 radical (unpaired) electrons. The van der Waals surface area contributed by atoms with Gasteiger partial charge in [0.2, 0.25) is 5.91 Å². The van der Waals surface area contributed by atoms with Gasteiger partial charge in [-0.1, -0.05) is 49.7 Å². The lowest BCUT2D eigenvalue weighted by molar-refractivity contribution is -0.133. The van der Waals surface area contributed by atoms with Crippen LogP contribution in [0.2, 0.25) is 5.02 Å². The Hall–Kier alpha value is -2.33. The Morgan fingerprint density at radius 1 is 1.04 bits per heavy atom. The fourth-order valence-electron chi connectivity index (χ4n) is 2.98. The summed E-state index contributed by atoms with van der Waals surface area (Å²) in [5, 5.41) is 3.26. The smallest absolute Gasteiger partial charge is 0.251 e. The summed E-state index contributed by atoms with van der Waals surface area (Å²) in [5.74, 6) is -0.106. The first kappa shape index (κ1) is 20.0. The van der Waals surface area contributed by atoms with E-state index in [1.165, 1.54) is 0 Å². The van der Waals surface area contributed by atoms with Crippen LogP contribution in [0.3, 0.4) is 0 Å². The van der Waals surface area contributed by atoms with E-state index in [9.17, 15) is 9.59 Å². The van der Waals surface area contributed by atoms with Crippen molar-refractivity contribution in [2.75, 3.05) is 14.1 Å². The fourth-order valence-corrected chi connectivity index (χ4v) is 3.10. The molecular weight excluding hydrogens is 348 g/mol. The van der Waals surface area contributed by atoms with Crippen molar-refractivity contribution in [1.29, 1.82) is 0 Å². The lowest BCUT2D eigenvalue weighted by Crippen LogP contribution is -2.33. The van der Waals surface area contributed by atoms with Gasteiger partial charge in [0.05, 0.1) is 5.92 Å². The normalized spacial score (nSPS) is 11.9. The van der Waals surface area contributed by atoms with E-state index in [-0.39, 0.29) is 23.7 Å². The fraction of sp³-hybridized carbons (Fsp3) is 0.333. The van der Waals surface area contributed by atoms with Crippen LogP contribution >= 0.6 is 11.6 Å². The van der Waals surface area contributed by atoms with Crippen molar-refractivity contribution in [2.45, 2.75) is 26.3 Å². The molecular formula is C21H25ClN2O2. The highest BCUT2D eigenvalue weighted by molar-refractivity contribution is 6.30. The van der Waals surface area contributed by atoms with E-state index in [1.807, 2.05) is 50.2 Å². The predicted octanol–water partition coefficient (Wildman–Crippen LogP) is 4.10. The van der Waals surface area contributed by atoms with Crippen molar-refractivity contribution < 1.29 is 9.59 Å². The van der Waals surface area contributed by atoms with Crippen molar-refractivity contribution in [3.63, 3.8) is 0 Å². The van der Waals surface area contributed by atoms with Crippen LogP contribution in [0.1, 0.15) is 41.3 Å². The molecule has 2 rings (SSSR count). The first-order valence-corrected chi connectivity index (χ1v) is 9.02. The maximum Gasteiger partial charge on any atom is 0.251 e. The number of carbonyl (C=O) groups excluding carboxylic acids is 2. The second kappa shape index (κ2) is 8.86. The van der Waals surface area contributed by atoms with Crippen molar-refractivity contribution in [2.24, 2.45) is 5.92 Å². The van der Waals surface area contributed by atoms with Gasteiger partial charge in [-0.25, -0.2) is 0 Å². The van der Waals surface area contributed by atoms with Crippen LogP contribution in [0.25, 0.3) is 0 Å². The van der Waals surface area contributed by atoms with E-state index in [2.05, 4.69) is 5.32 Å². The van der Waals surface area contributed by atoms with Gasteiger partial charge in [0.15, 0.2) is 0 Å². The summed E-state index contributed by atoms with van der Waals surface area (Å²) in [6.45, 7) is 4.58. The monoisotopic (exact) mass is 372 g/mol. The number of hydrogen-bond acceptors (Lipinski definition) is 2. The molecule has 0 fully saturated rings. The Morgan fingerprint density at radius 3 is 2.12 bits per heavy atom. The number of benzene rings is 2. The average molecular weight is 373 g/mol. The topological polar surface area (TPSA) is 49.4 Å². The summed E-state index contributed by atoms with van der Waals surface area (Å²) in [6, 6.07) is 14.8. The number of nitrogens with one attached hydrogen (secondary N) is 1. The van der Waals surface area contributed by atoms with Gasteiger partial charge in [-0.05, 0) is 41.3 Å². The molecule has 0 aromatic heterocycles. The van der Waals surface area contributed by atoms with Gasteiger partial charge < -0.3 is 10.2 Å². The molecule has 0 aliphatic rings. The minimum atomic E-state index is -0.220. The zero-order chi connectivity index (χ0) is 19.3. The average Bonchev–Trinajstić information content (AvgIpc) is 2.63. The summed E-state index contributed by atoms with van der Waals surface area (Å²) < 4.78 is 0. The van der Waals surface area contributed by atoms with Crippen LogP contribution in [0.4, 0.5) is 0 Å². The molecule has 1 N–H and O–H groups in total. The van der Waals surface area contributed by atoms with E-state index in [1.54, 1.807) is 31.1 Å². The standard InChI is InChI=1S/C21H25ClN2O2/c1-14(2)19(16-9-11-18(22)12-10-16)21(26)24(4)13-15-5-7-17(8-6-15)20(25)23-3/h5-12,14,19H,13H2,1-4H3,(H,23,25). The highest BCUT2D eigenvalue weighted by atomic mass is 35.5. The Kier molecular flexibility index (Phi) is 6.81. The maximum absolute atomic E-state index is 13.0. The van der Waals surface area contributed by atoms with Crippen molar-refractivity contribution >= 4 is 23.4 Å². The number of nitrogens with zero attached hydrogens (tertiary/aromatic N) is 1. The highest BCUT2D eigenvalue weighted by Crippen LogP contribution is 2.28. The molecule has 0 heterocycles. The first-order chi connectivity index (χ1) is 12.3. The summed E-state index contributed by atoms with van der Waals surface area (Å²) in [5.41, 5.74) is 2.55. The van der Waals surface area contributed by atoms with E-state index < -0.39 is 0 Å². The Balaban J connectivity index is 2.13. The number of likely N-dealkylation sites (N-methyl/N-ethyl adjacent to an activating group) is 1. The Morgan fingerprint density at radius 2 is 1.62 bits per heavy atom. The third-order valence-corrected chi connectivity index (χ3v) is 4.65. The molecule has 1 unspecified atom stereocenters. The van der Waals surface area contributed by atoms with Crippen LogP contribution in [0.5, 0.6) is 0 Å². The summed E-state index contributed by atoms with van der Waals surface area (Å²) >= 11 is 5.97. The van der Waals surface area contributed by atoms with Crippen LogP contribution in [-0.2, 0) is 11.3 Å². The molecule has 0 saturated carbocycles. The molecule has 138 valence electrons. The van der Waals surface area contributed by atoms with Gasteiger partial charge in [0.25, 0.3) is 5.91 Å². The molecule has 2 aromatic rings. The van der Waals surface area contributed by atoms with Gasteiger partial charge in [-0.3, -0.25) is 9.59 Å². The van der Waals surface area contributed by atoms with Gasteiger partial charge >= 0.3 is 0 Å². The number of amides is 2. The lowest BCUT2D eigenvalue weighted by Gasteiger charge is -2.27. The third kappa shape index (κ3) is 4.85. The van der Waals surface area contributed by atoms with E-state index in [0.29, 0.717) is 17.1 Å². The molecule has 2 amide bonds. The minimum absolute atomic E-state index is 0.0673. The molecule has 0 aliphatic carbocycles. The Bertz CT molecular complexity index is 755. The van der Waals surface area contributed by atoms with Crippen LogP contribution < -0.4 is 5.32 Å². The van der Waals surface area contributed by atoms with Gasteiger partial charge in [0, 0.05) is 31.2 Å². The van der Waals surface area contributed by atoms with Crippen LogP contribution in [0.15, 0.2) is 48.5 Å². The van der Waals surface area contributed by atoms with Gasteiger partial charge in [-0.15, -0.1) is 0 Å². The molecule has 1 atom stereocenters. The highest BCUT2D eigenvalue weighted by Gasteiger charge is 2.27. The minimum Gasteiger partial charge on any atom is -0.355 e. The van der Waals surface area contributed by atoms with Crippen LogP contribution in [0, 0.1) is 5.92 Å². The quantitative estimate of drug-likeness (QED) is 0.829. The number of halogens is 1. The summed E-state index contributed by atoms with van der Waals surface area (Å²) in [6.07, 6.45) is 0. The predicted molar refractivity (Wildman–Crippen MR) is 105 cm³/mol. The van der Waals surface area contributed by atoms with E-state index in [4.69, 9.17) is 11.6 Å². The second-order valence-corrected chi connectivity index (χ2v) is 7.18. The molecule has 26 heavy (non-hydrogen) atoms. The zero-order valence-electron chi connectivity index (χ0n) is 15.6. The third-order valence-electron chi connectivity index (χ3n) is 4.40. The molecule has 5 heteroatoms. The molecule has 0 aliphatic heterocycles. The Labute approximate surface area is 160 Å². The SMILES string of the molecule is CNC(=O)c1ccc(CN(C)C(=O)C(c2ccc(Cl)cc2)C(C)C)cc1. The van der Waals surface area contributed by atoms with E-state index in [0.717, 1.165) is 11.1 Å². The summed E-state index contributed by atoms with van der Waals surface area (Å²) in [4.78, 5) is 26.4. The zero-order valence-corrected chi connectivity index (χ0v) is 16.4. The summed E-state index contributed by atoms with van der Waals surface area (Å²) in [7, 11) is 3.41. The van der Waals surface area contributed by atoms with Crippen molar-refractivity contribution in [1.82, 2.24) is 10.2 Å². The lowest BCUT2D eigenvalue weighted by atomic mass is 9.87. The van der Waals surface area contributed by atoms with Crippen molar-refractivity contribution in [3.8, 4) is 0 Å². The maximum atomic E-state index is 13.0. The molecule has 0 saturated heterocycles. The van der Waals surface area contributed by atoms with Crippen LogP contribution in [-0.4, -0.2) is 30.8 Å². The molecule has 4 nitrogen and oxygen atoms in total. The second-order valence-electron chi connectivity index (χ2n) is 6.74. The number of hydrogen-bond donors (Lipinski definition) is 1. The van der Waals surface area contributed by atoms with Gasteiger partial charge in [-0.2, -0.15) is 0 Å². The first-order valence-electron chi connectivity index (χ1n) is 8.65. The van der Waals surface area contributed by atoms with Gasteiger partial charge in [0.1, 0.15) is 0 Å². The van der Waals surface area contributed by atoms with E-state index >= 15 is 0 Å². The largest absolute Gasteiger partial charge is 0.355 e. The molecule has 0 bridgehead atoms. The number of carbonyl (C=O) groups is 2. The number of rotatable bonds is 6. The molecule has 0 spiro atoms. The van der Waals surface area contributed by atoms with Crippen molar-refractivity contribution in [3.05, 3.63) is 70.2 Å². The molecule has 2 aromatic carbocycles.